The Kier molecular flexibility index (Phi) is 7.07. The van der Waals surface area contributed by atoms with Gasteiger partial charge in [-0.05, 0) is 73.6 Å². The van der Waals surface area contributed by atoms with Crippen LogP contribution in [0.2, 0.25) is 0 Å². The van der Waals surface area contributed by atoms with Gasteiger partial charge in [-0.2, -0.15) is 0 Å². The van der Waals surface area contributed by atoms with E-state index in [1.165, 1.54) is 6.08 Å². The van der Waals surface area contributed by atoms with Crippen molar-refractivity contribution >= 4 is 28.7 Å². The van der Waals surface area contributed by atoms with Crippen LogP contribution in [0.5, 0.6) is 0 Å². The monoisotopic (exact) mass is 498 g/mol. The van der Waals surface area contributed by atoms with Crippen LogP contribution in [-0.2, 0) is 4.79 Å². The van der Waals surface area contributed by atoms with Gasteiger partial charge in [0, 0.05) is 29.8 Å². The zero-order chi connectivity index (χ0) is 25.8. The first-order valence-electron chi connectivity index (χ1n) is 12.4. The van der Waals surface area contributed by atoms with E-state index in [-0.39, 0.29) is 18.2 Å². The molecule has 2 aromatic carbocycles. The number of fused-ring (bicyclic) bond motifs is 2. The van der Waals surface area contributed by atoms with Gasteiger partial charge in [-0.3, -0.25) is 9.59 Å². The highest BCUT2D eigenvalue weighted by Gasteiger charge is 2.22. The van der Waals surface area contributed by atoms with Crippen LogP contribution in [0.25, 0.3) is 22.3 Å². The molecule has 3 N–H and O–H groups in total. The lowest BCUT2D eigenvalue weighted by Crippen LogP contribution is -2.26. The molecule has 0 bridgehead atoms. The van der Waals surface area contributed by atoms with Crippen molar-refractivity contribution < 1.29 is 19.1 Å². The lowest BCUT2D eigenvalue weighted by atomic mass is 9.86. The number of carboxylic acids is 1. The Morgan fingerprint density at radius 3 is 2.68 bits per heavy atom. The molecule has 0 aliphatic heterocycles. The van der Waals surface area contributed by atoms with Gasteiger partial charge in [0.1, 0.15) is 11.5 Å². The average molecular weight is 499 g/mol. The normalized spacial score (nSPS) is 15.1. The third-order valence-corrected chi connectivity index (χ3v) is 6.54. The maximum atomic E-state index is 13.7. The van der Waals surface area contributed by atoms with Crippen molar-refractivity contribution in [3.63, 3.8) is 0 Å². The van der Waals surface area contributed by atoms with Crippen LogP contribution in [-0.4, -0.2) is 33.5 Å². The minimum Gasteiger partial charge on any atom is -0.481 e. The number of allylic oxidation sites excluding steroid dienone is 6. The number of amides is 1. The van der Waals surface area contributed by atoms with Crippen LogP contribution in [0, 0.1) is 0 Å². The first-order valence-corrected chi connectivity index (χ1v) is 12.4. The van der Waals surface area contributed by atoms with Crippen molar-refractivity contribution in [3.8, 4) is 11.3 Å². The summed E-state index contributed by atoms with van der Waals surface area (Å²) in [5, 5.41) is 15.2. The van der Waals surface area contributed by atoms with E-state index in [2.05, 4.69) is 10.6 Å². The molecule has 37 heavy (non-hydrogen) atoms. The van der Waals surface area contributed by atoms with Crippen molar-refractivity contribution in [1.82, 2.24) is 15.3 Å². The molecule has 7 nitrogen and oxygen atoms in total. The molecule has 0 radical (unpaired) electrons. The number of nitrogens with one attached hydrogen (secondary N) is 2. The van der Waals surface area contributed by atoms with Crippen molar-refractivity contribution in [1.29, 1.82) is 0 Å². The van der Waals surface area contributed by atoms with E-state index in [1.54, 1.807) is 24.3 Å². The Morgan fingerprint density at radius 2 is 1.86 bits per heavy atom. The number of carbonyl (C=O) groups is 2. The second kappa shape index (κ2) is 10.7. The van der Waals surface area contributed by atoms with E-state index in [1.807, 2.05) is 30.3 Å². The first-order chi connectivity index (χ1) is 18.0. The largest absolute Gasteiger partial charge is 0.481 e. The number of rotatable bonds is 8. The third kappa shape index (κ3) is 5.58. The quantitative estimate of drug-likeness (QED) is 0.333. The summed E-state index contributed by atoms with van der Waals surface area (Å²) in [5.41, 5.74) is 5.99. The van der Waals surface area contributed by atoms with Crippen molar-refractivity contribution in [2.45, 2.75) is 38.5 Å². The maximum absolute atomic E-state index is 13.7. The van der Waals surface area contributed by atoms with Gasteiger partial charge in [-0.1, -0.05) is 30.3 Å². The molecule has 3 aromatic rings. The summed E-state index contributed by atoms with van der Waals surface area (Å²) in [6, 6.07) is 14.8. The van der Waals surface area contributed by atoms with Crippen molar-refractivity contribution in [3.05, 3.63) is 88.9 Å². The van der Waals surface area contributed by atoms with Gasteiger partial charge in [0.15, 0.2) is 5.82 Å². The molecule has 1 heterocycles. The summed E-state index contributed by atoms with van der Waals surface area (Å²) >= 11 is 0. The molecule has 1 aromatic heterocycles. The van der Waals surface area contributed by atoms with Crippen molar-refractivity contribution in [2.75, 3.05) is 11.9 Å². The van der Waals surface area contributed by atoms with E-state index in [0.717, 1.165) is 41.7 Å². The Bertz CT molecular complexity index is 1460. The molecule has 2 aliphatic carbocycles. The highest BCUT2D eigenvalue weighted by atomic mass is 19.1. The molecular formula is C29H27FN4O3. The third-order valence-electron chi connectivity index (χ3n) is 6.54. The fourth-order valence-electron chi connectivity index (χ4n) is 4.70. The summed E-state index contributed by atoms with van der Waals surface area (Å²) in [7, 11) is 0. The molecule has 0 saturated heterocycles. The zero-order valence-electron chi connectivity index (χ0n) is 20.3. The molecule has 0 saturated carbocycles. The zero-order valence-corrected chi connectivity index (χ0v) is 20.3. The molecule has 8 heteroatoms. The second-order valence-corrected chi connectivity index (χ2v) is 9.14. The highest BCUT2D eigenvalue weighted by molar-refractivity contribution is 5.99. The minimum absolute atomic E-state index is 0.0518. The Hall–Kier alpha value is -4.33. The summed E-state index contributed by atoms with van der Waals surface area (Å²) in [4.78, 5) is 33.6. The summed E-state index contributed by atoms with van der Waals surface area (Å²) in [6.07, 6.45) is 6.49. The summed E-state index contributed by atoms with van der Waals surface area (Å²) < 4.78 is 13.7. The van der Waals surface area contributed by atoms with E-state index < -0.39 is 5.97 Å². The number of aliphatic carboxylic acids is 1. The van der Waals surface area contributed by atoms with E-state index in [4.69, 9.17) is 15.1 Å². The molecule has 1 amide bonds. The number of carboxylic acid groups (broad SMARTS) is 1. The number of hydrogen-bond donors (Lipinski definition) is 3. The average Bonchev–Trinajstić information content (AvgIpc) is 2.90. The van der Waals surface area contributed by atoms with Gasteiger partial charge in [0.05, 0.1) is 11.0 Å². The molecular weight excluding hydrogens is 471 g/mol. The number of carbonyl (C=O) groups excluding carboxylic acids is 1. The van der Waals surface area contributed by atoms with Gasteiger partial charge in [0.2, 0.25) is 0 Å². The minimum atomic E-state index is -0.851. The van der Waals surface area contributed by atoms with Gasteiger partial charge < -0.3 is 15.7 Å². The van der Waals surface area contributed by atoms with Gasteiger partial charge in [-0.15, -0.1) is 0 Å². The number of halogens is 1. The first kappa shape index (κ1) is 24.4. The van der Waals surface area contributed by atoms with E-state index in [9.17, 15) is 14.0 Å². The van der Waals surface area contributed by atoms with Gasteiger partial charge in [-0.25, -0.2) is 14.4 Å². The predicted molar refractivity (Wildman–Crippen MR) is 141 cm³/mol. The maximum Gasteiger partial charge on any atom is 0.303 e. The Morgan fingerprint density at radius 1 is 1.03 bits per heavy atom. The molecule has 0 atom stereocenters. The number of anilines is 1. The predicted octanol–water partition coefficient (Wildman–Crippen LogP) is 5.92. The van der Waals surface area contributed by atoms with E-state index >= 15 is 0 Å². The number of aromatic nitrogens is 2. The van der Waals surface area contributed by atoms with Crippen LogP contribution in [0.3, 0.4) is 0 Å². The lowest BCUT2D eigenvalue weighted by molar-refractivity contribution is -0.137. The number of benzene rings is 2. The summed E-state index contributed by atoms with van der Waals surface area (Å²) in [6.45, 7) is 0.425. The molecule has 0 fully saturated rings. The summed E-state index contributed by atoms with van der Waals surface area (Å²) in [5.74, 6) is -0.784. The van der Waals surface area contributed by atoms with Gasteiger partial charge in [0.25, 0.3) is 5.91 Å². The Balaban J connectivity index is 1.43. The number of nitrogens with zero attached hydrogens (tertiary/aromatic N) is 2. The standard InChI is InChI=1S/C29H27FN4O3/c30-21-12-13-22-19(16-21)8-4-9-23(22)34-29(37)20-11-14-24-25(17-20)33-28(31-15-5-10-26(35)36)27(32-24)18-6-2-1-3-7-18/h1-3,6-7,11-12,14,16-17H,4-5,8-10,13,15H2,(H,31,33)(H,34,37)(H,35,36). The van der Waals surface area contributed by atoms with E-state index in [0.29, 0.717) is 47.5 Å². The van der Waals surface area contributed by atoms with Crippen LogP contribution >= 0.6 is 0 Å². The highest BCUT2D eigenvalue weighted by Crippen LogP contribution is 2.35. The topological polar surface area (TPSA) is 104 Å². The Labute approximate surface area is 213 Å². The SMILES string of the molecule is O=C(O)CCCNc1nc2cc(C(=O)NC3=C4CC=C(F)C=C4CCC3)ccc2nc1-c1ccccc1. The molecule has 0 unspecified atom stereocenters. The van der Waals surface area contributed by atoms with Crippen LogP contribution in [0.1, 0.15) is 48.9 Å². The molecule has 5 rings (SSSR count). The lowest BCUT2D eigenvalue weighted by Gasteiger charge is -2.25. The second-order valence-electron chi connectivity index (χ2n) is 9.14. The number of hydrogen-bond acceptors (Lipinski definition) is 5. The molecule has 0 spiro atoms. The fourth-order valence-corrected chi connectivity index (χ4v) is 4.70. The van der Waals surface area contributed by atoms with Gasteiger partial charge >= 0.3 is 5.97 Å². The fraction of sp³-hybridized carbons (Fsp3) is 0.241. The van der Waals surface area contributed by atoms with Crippen molar-refractivity contribution in [2.24, 2.45) is 0 Å². The van der Waals surface area contributed by atoms with Crippen LogP contribution in [0.15, 0.2) is 83.4 Å². The molecule has 2 aliphatic rings. The van der Waals surface area contributed by atoms with Crippen LogP contribution in [0.4, 0.5) is 10.2 Å². The molecule has 188 valence electrons. The smallest absolute Gasteiger partial charge is 0.303 e. The van der Waals surface area contributed by atoms with Crippen LogP contribution < -0.4 is 10.6 Å².